The van der Waals surface area contributed by atoms with Gasteiger partial charge < -0.3 is 4.74 Å². The molecule has 0 fully saturated rings. The van der Waals surface area contributed by atoms with Crippen molar-refractivity contribution in [2.24, 2.45) is 5.10 Å². The number of ether oxygens (including phenoxy) is 1. The van der Waals surface area contributed by atoms with Crippen LogP contribution in [-0.4, -0.2) is 38.6 Å². The van der Waals surface area contributed by atoms with Crippen molar-refractivity contribution in [2.45, 2.75) is 17.9 Å². The van der Waals surface area contributed by atoms with Crippen LogP contribution in [0, 0.1) is 10.1 Å². The van der Waals surface area contributed by atoms with Crippen molar-refractivity contribution in [3.63, 3.8) is 0 Å². The van der Waals surface area contributed by atoms with E-state index < -0.39 is 26.9 Å². The van der Waals surface area contributed by atoms with Crippen LogP contribution in [0.25, 0.3) is 0 Å². The number of benzene rings is 2. The van der Waals surface area contributed by atoms with Crippen LogP contribution in [0.4, 0.5) is 5.69 Å². The van der Waals surface area contributed by atoms with Gasteiger partial charge in [-0.15, -0.1) is 0 Å². The van der Waals surface area contributed by atoms with E-state index in [1.807, 2.05) is 0 Å². The summed E-state index contributed by atoms with van der Waals surface area (Å²) in [4.78, 5) is 21.8. The van der Waals surface area contributed by atoms with Crippen LogP contribution in [0.3, 0.4) is 0 Å². The predicted molar refractivity (Wildman–Crippen MR) is 102 cm³/mol. The average Bonchev–Trinajstić information content (AvgIpc) is 2.68. The maximum Gasteiger partial charge on any atom is 0.269 e. The van der Waals surface area contributed by atoms with Crippen molar-refractivity contribution in [3.05, 3.63) is 64.2 Å². The van der Waals surface area contributed by atoms with Crippen molar-refractivity contribution in [3.8, 4) is 5.75 Å². The molecule has 0 aliphatic carbocycles. The second-order valence-electron chi connectivity index (χ2n) is 5.60. The average molecular weight is 406 g/mol. The van der Waals surface area contributed by atoms with E-state index in [1.165, 1.54) is 13.1 Å². The number of hydrazone groups is 1. The summed E-state index contributed by atoms with van der Waals surface area (Å²) in [5.41, 5.74) is 2.71. The number of nitro groups is 1. The van der Waals surface area contributed by atoms with Gasteiger partial charge in [-0.3, -0.25) is 14.9 Å². The highest BCUT2D eigenvalue weighted by molar-refractivity contribution is 7.89. The first-order chi connectivity index (χ1) is 13.2. The minimum atomic E-state index is -4.03. The molecule has 0 aliphatic heterocycles. The summed E-state index contributed by atoms with van der Waals surface area (Å²) in [6.07, 6.45) is 1.40. The van der Waals surface area contributed by atoms with Gasteiger partial charge in [-0.25, -0.2) is 13.8 Å². The van der Waals surface area contributed by atoms with Gasteiger partial charge in [-0.05, 0) is 48.9 Å². The number of non-ortho nitro benzene ring substituents is 1. The van der Waals surface area contributed by atoms with Gasteiger partial charge in [0.05, 0.1) is 29.2 Å². The van der Waals surface area contributed by atoms with Gasteiger partial charge in [0.2, 0.25) is 10.0 Å². The second-order valence-corrected chi connectivity index (χ2v) is 7.32. The fourth-order valence-corrected chi connectivity index (χ4v) is 3.26. The van der Waals surface area contributed by atoms with E-state index >= 15 is 0 Å². The Morgan fingerprint density at radius 1 is 1.18 bits per heavy atom. The fourth-order valence-electron chi connectivity index (χ4n) is 2.06. The lowest BCUT2D eigenvalue weighted by Crippen LogP contribution is -2.43. The number of sulfonamides is 1. The summed E-state index contributed by atoms with van der Waals surface area (Å²) in [5.74, 6) is 0.00528. The normalized spacial score (nSPS) is 12.5. The molecule has 0 radical (unpaired) electrons. The number of hydrogen-bond acceptors (Lipinski definition) is 7. The van der Waals surface area contributed by atoms with E-state index in [9.17, 15) is 23.3 Å². The Labute approximate surface area is 161 Å². The number of carbonyl (C=O) groups excluding carboxylic acids is 1. The zero-order chi connectivity index (χ0) is 20.7. The fraction of sp³-hybridized carbons (Fsp3) is 0.176. The number of nitrogens with zero attached hydrogens (tertiary/aromatic N) is 2. The van der Waals surface area contributed by atoms with Gasteiger partial charge in [0.25, 0.3) is 11.6 Å². The number of hydrogen-bond donors (Lipinski definition) is 2. The van der Waals surface area contributed by atoms with Crippen LogP contribution in [0.5, 0.6) is 5.75 Å². The molecule has 0 heterocycles. The van der Waals surface area contributed by atoms with E-state index in [0.29, 0.717) is 11.3 Å². The third-order valence-corrected chi connectivity index (χ3v) is 5.14. The maximum absolute atomic E-state index is 12.3. The molecule has 148 valence electrons. The van der Waals surface area contributed by atoms with Gasteiger partial charge >= 0.3 is 0 Å². The third kappa shape index (κ3) is 5.59. The Bertz CT molecular complexity index is 972. The molecule has 1 atom stereocenters. The van der Waals surface area contributed by atoms with Crippen LogP contribution >= 0.6 is 0 Å². The van der Waals surface area contributed by atoms with Gasteiger partial charge in [-0.2, -0.15) is 9.82 Å². The molecule has 1 amide bonds. The van der Waals surface area contributed by atoms with E-state index in [0.717, 1.165) is 24.3 Å². The van der Waals surface area contributed by atoms with Gasteiger partial charge in [-0.1, -0.05) is 0 Å². The van der Waals surface area contributed by atoms with Crippen LogP contribution in [-0.2, 0) is 14.8 Å². The molecular formula is C17H18N4O6S. The van der Waals surface area contributed by atoms with Crippen molar-refractivity contribution >= 4 is 27.8 Å². The van der Waals surface area contributed by atoms with Gasteiger partial charge in [0, 0.05) is 12.1 Å². The highest BCUT2D eigenvalue weighted by Crippen LogP contribution is 2.16. The predicted octanol–water partition coefficient (Wildman–Crippen LogP) is 1.42. The number of carbonyl (C=O) groups is 1. The molecule has 0 saturated heterocycles. The number of nitro benzene ring substituents is 1. The van der Waals surface area contributed by atoms with E-state index in [4.69, 9.17) is 4.74 Å². The topological polar surface area (TPSA) is 140 Å². The van der Waals surface area contributed by atoms with E-state index in [1.54, 1.807) is 31.4 Å². The Hall–Kier alpha value is -3.31. The molecule has 0 aromatic heterocycles. The summed E-state index contributed by atoms with van der Waals surface area (Å²) in [6.45, 7) is 1.35. The zero-order valence-electron chi connectivity index (χ0n) is 15.0. The Balaban J connectivity index is 1.96. The van der Waals surface area contributed by atoms with E-state index in [2.05, 4.69) is 15.2 Å². The lowest BCUT2D eigenvalue weighted by molar-refractivity contribution is -0.384. The number of amides is 1. The molecule has 10 nitrogen and oxygen atoms in total. The Morgan fingerprint density at radius 3 is 2.32 bits per heavy atom. The van der Waals surface area contributed by atoms with Gasteiger partial charge in [0.1, 0.15) is 5.75 Å². The van der Waals surface area contributed by atoms with Crippen molar-refractivity contribution in [2.75, 3.05) is 7.11 Å². The standard InChI is InChI=1S/C17H18N4O6S/c1-12(17(22)19-18-11-13-3-7-15(27-2)8-4-13)20-28(25,26)16-9-5-14(6-10-16)21(23)24/h3-12,20H,1-2H3,(H,19,22)/b18-11-/t12-/m1/s1. The number of rotatable bonds is 8. The number of nitrogens with one attached hydrogen (secondary N) is 2. The molecule has 2 aromatic rings. The zero-order valence-corrected chi connectivity index (χ0v) is 15.8. The highest BCUT2D eigenvalue weighted by atomic mass is 32.2. The molecule has 11 heteroatoms. The minimum Gasteiger partial charge on any atom is -0.497 e. The largest absolute Gasteiger partial charge is 0.497 e. The van der Waals surface area contributed by atoms with E-state index in [-0.39, 0.29) is 10.6 Å². The quantitative estimate of drug-likeness (QED) is 0.386. The molecule has 2 rings (SSSR count). The van der Waals surface area contributed by atoms with Gasteiger partial charge in [0.15, 0.2) is 0 Å². The van der Waals surface area contributed by atoms with Crippen LogP contribution in [0.15, 0.2) is 58.5 Å². The van der Waals surface area contributed by atoms with Crippen molar-refractivity contribution in [1.29, 1.82) is 0 Å². The first-order valence-electron chi connectivity index (χ1n) is 7.96. The molecule has 0 aliphatic rings. The summed E-state index contributed by atoms with van der Waals surface area (Å²) in [5, 5.41) is 14.4. The lowest BCUT2D eigenvalue weighted by Gasteiger charge is -2.12. The molecule has 0 bridgehead atoms. The first kappa shape index (κ1) is 21.0. The van der Waals surface area contributed by atoms with Crippen LogP contribution in [0.2, 0.25) is 0 Å². The first-order valence-corrected chi connectivity index (χ1v) is 9.45. The summed E-state index contributed by atoms with van der Waals surface area (Å²) in [7, 11) is -2.49. The minimum absolute atomic E-state index is 0.195. The lowest BCUT2D eigenvalue weighted by atomic mass is 10.2. The summed E-state index contributed by atoms with van der Waals surface area (Å²) in [6, 6.07) is 10.1. The summed E-state index contributed by atoms with van der Waals surface area (Å²) < 4.78 is 31.8. The smallest absolute Gasteiger partial charge is 0.269 e. The molecule has 0 spiro atoms. The molecule has 28 heavy (non-hydrogen) atoms. The SMILES string of the molecule is COc1ccc(/C=N\NC(=O)[C@@H](C)NS(=O)(=O)c2ccc([N+](=O)[O-])cc2)cc1. The molecule has 0 saturated carbocycles. The molecule has 2 N–H and O–H groups in total. The Morgan fingerprint density at radius 2 is 1.79 bits per heavy atom. The molecule has 0 unspecified atom stereocenters. The highest BCUT2D eigenvalue weighted by Gasteiger charge is 2.22. The third-order valence-electron chi connectivity index (χ3n) is 3.59. The maximum atomic E-state index is 12.3. The molecular weight excluding hydrogens is 388 g/mol. The van der Waals surface area contributed by atoms with Crippen LogP contribution in [0.1, 0.15) is 12.5 Å². The second kappa shape index (κ2) is 9.06. The Kier molecular flexibility index (Phi) is 6.79. The van der Waals surface area contributed by atoms with Crippen LogP contribution < -0.4 is 14.9 Å². The number of methoxy groups -OCH3 is 1. The van der Waals surface area contributed by atoms with Crippen molar-refractivity contribution in [1.82, 2.24) is 10.1 Å². The summed E-state index contributed by atoms with van der Waals surface area (Å²) >= 11 is 0. The molecule has 2 aromatic carbocycles. The monoisotopic (exact) mass is 406 g/mol. The van der Waals surface area contributed by atoms with Crippen molar-refractivity contribution < 1.29 is 22.9 Å².